The van der Waals surface area contributed by atoms with Crippen molar-refractivity contribution in [3.8, 4) is 0 Å². The topological polar surface area (TPSA) is 95.8 Å². The first kappa shape index (κ1) is 20.9. The molecule has 34 heavy (non-hydrogen) atoms. The third kappa shape index (κ3) is 3.71. The zero-order valence-electron chi connectivity index (χ0n) is 18.8. The summed E-state index contributed by atoms with van der Waals surface area (Å²) < 4.78 is 7.84. The van der Waals surface area contributed by atoms with Gasteiger partial charge in [-0.1, -0.05) is 6.07 Å². The minimum absolute atomic E-state index is 0.00207. The number of aryl methyl sites for hydroxylation is 1. The molecule has 174 valence electrons. The predicted molar refractivity (Wildman–Crippen MR) is 125 cm³/mol. The SMILES string of the molecule is O=C(c1cnc2ccccn12)N1CC[C@H]2[C@@H](C1)OCCN2C(=O)CCc1cnc2[nH]ccc2c1. The van der Waals surface area contributed by atoms with Gasteiger partial charge in [-0.3, -0.25) is 14.0 Å². The monoisotopic (exact) mass is 458 g/mol. The number of hydrogen-bond acceptors (Lipinski definition) is 5. The second-order valence-electron chi connectivity index (χ2n) is 8.93. The fourth-order valence-electron chi connectivity index (χ4n) is 5.16. The molecule has 6 heterocycles. The summed E-state index contributed by atoms with van der Waals surface area (Å²) in [6, 6.07) is 9.73. The van der Waals surface area contributed by atoms with Crippen LogP contribution in [0.4, 0.5) is 0 Å². The van der Waals surface area contributed by atoms with E-state index in [1.807, 2.05) is 57.1 Å². The maximum Gasteiger partial charge on any atom is 0.272 e. The normalized spacial score (nSPS) is 20.6. The number of carbonyl (C=O) groups is 2. The first-order chi connectivity index (χ1) is 16.7. The number of pyridine rings is 2. The molecule has 4 aromatic heterocycles. The van der Waals surface area contributed by atoms with Gasteiger partial charge in [-0.2, -0.15) is 0 Å². The fourth-order valence-corrected chi connectivity index (χ4v) is 5.16. The Bertz CT molecular complexity index is 1360. The van der Waals surface area contributed by atoms with Crippen LogP contribution >= 0.6 is 0 Å². The van der Waals surface area contributed by atoms with Gasteiger partial charge in [0.1, 0.15) is 17.0 Å². The molecule has 0 spiro atoms. The predicted octanol–water partition coefficient (Wildman–Crippen LogP) is 2.29. The van der Waals surface area contributed by atoms with E-state index in [1.54, 1.807) is 6.20 Å². The summed E-state index contributed by atoms with van der Waals surface area (Å²) in [4.78, 5) is 42.0. The molecule has 0 aliphatic carbocycles. The van der Waals surface area contributed by atoms with Crippen molar-refractivity contribution in [1.29, 1.82) is 0 Å². The number of likely N-dealkylation sites (tertiary alicyclic amines) is 1. The average molecular weight is 459 g/mol. The number of imidazole rings is 1. The highest BCUT2D eigenvalue weighted by Crippen LogP contribution is 2.26. The number of morpholine rings is 1. The molecular weight excluding hydrogens is 432 g/mol. The first-order valence-electron chi connectivity index (χ1n) is 11.7. The Kier molecular flexibility index (Phi) is 5.26. The fraction of sp³-hybridized carbons (Fsp3) is 0.360. The second-order valence-corrected chi connectivity index (χ2v) is 8.93. The molecule has 1 N–H and O–H groups in total. The molecule has 9 heteroatoms. The molecule has 0 aromatic carbocycles. The van der Waals surface area contributed by atoms with Gasteiger partial charge in [0.15, 0.2) is 0 Å². The van der Waals surface area contributed by atoms with Gasteiger partial charge in [-0.15, -0.1) is 0 Å². The maximum absolute atomic E-state index is 13.2. The van der Waals surface area contributed by atoms with E-state index in [0.29, 0.717) is 51.2 Å². The largest absolute Gasteiger partial charge is 0.372 e. The van der Waals surface area contributed by atoms with E-state index in [4.69, 9.17) is 4.74 Å². The van der Waals surface area contributed by atoms with Gasteiger partial charge in [0.2, 0.25) is 5.91 Å². The van der Waals surface area contributed by atoms with E-state index in [9.17, 15) is 9.59 Å². The lowest BCUT2D eigenvalue weighted by atomic mass is 9.97. The van der Waals surface area contributed by atoms with E-state index in [2.05, 4.69) is 21.0 Å². The maximum atomic E-state index is 13.2. The number of aromatic nitrogens is 4. The van der Waals surface area contributed by atoms with Crippen LogP contribution < -0.4 is 0 Å². The number of amides is 2. The summed E-state index contributed by atoms with van der Waals surface area (Å²) in [5.74, 6) is 0.0749. The first-order valence-corrected chi connectivity index (χ1v) is 11.7. The molecular formula is C25H26N6O3. The van der Waals surface area contributed by atoms with Crippen LogP contribution in [0.25, 0.3) is 16.7 Å². The summed E-state index contributed by atoms with van der Waals surface area (Å²) in [5, 5.41) is 1.05. The van der Waals surface area contributed by atoms with Gasteiger partial charge in [0.05, 0.1) is 24.9 Å². The highest BCUT2D eigenvalue weighted by molar-refractivity contribution is 5.93. The highest BCUT2D eigenvalue weighted by Gasteiger charge is 2.40. The van der Waals surface area contributed by atoms with Crippen LogP contribution in [0, 0.1) is 0 Å². The van der Waals surface area contributed by atoms with Gasteiger partial charge >= 0.3 is 0 Å². The second kappa shape index (κ2) is 8.57. The van der Waals surface area contributed by atoms with Gasteiger partial charge < -0.3 is 19.5 Å². The summed E-state index contributed by atoms with van der Waals surface area (Å²) in [5.41, 5.74) is 3.21. The van der Waals surface area contributed by atoms with Crippen LogP contribution in [0.3, 0.4) is 0 Å². The minimum atomic E-state index is -0.174. The van der Waals surface area contributed by atoms with Crippen molar-refractivity contribution in [2.45, 2.75) is 31.4 Å². The summed E-state index contributed by atoms with van der Waals surface area (Å²) in [7, 11) is 0. The molecule has 0 radical (unpaired) electrons. The molecule has 2 amide bonds. The Balaban J connectivity index is 1.11. The van der Waals surface area contributed by atoms with Gasteiger partial charge in [-0.05, 0) is 42.7 Å². The van der Waals surface area contributed by atoms with Crippen molar-refractivity contribution in [2.24, 2.45) is 0 Å². The quantitative estimate of drug-likeness (QED) is 0.506. The Morgan fingerprint density at radius 2 is 2.09 bits per heavy atom. The number of carbonyl (C=O) groups excluding carboxylic acids is 2. The Hall–Kier alpha value is -3.72. The van der Waals surface area contributed by atoms with E-state index < -0.39 is 0 Å². The Morgan fingerprint density at radius 3 is 3.03 bits per heavy atom. The lowest BCUT2D eigenvalue weighted by molar-refractivity contribution is -0.151. The van der Waals surface area contributed by atoms with E-state index >= 15 is 0 Å². The van der Waals surface area contributed by atoms with Gasteiger partial charge in [-0.25, -0.2) is 9.97 Å². The molecule has 4 aromatic rings. The highest BCUT2D eigenvalue weighted by atomic mass is 16.5. The zero-order chi connectivity index (χ0) is 23.1. The van der Waals surface area contributed by atoms with Gasteiger partial charge in [0.25, 0.3) is 5.91 Å². The molecule has 6 rings (SSSR count). The molecule has 0 bridgehead atoms. The van der Waals surface area contributed by atoms with Crippen molar-refractivity contribution >= 4 is 28.5 Å². The number of nitrogens with one attached hydrogen (secondary N) is 1. The minimum Gasteiger partial charge on any atom is -0.372 e. The standard InChI is InChI=1S/C25H26N6O3/c32-23(5-4-17-13-18-6-8-26-24(18)28-14-17)31-11-12-34-21-16-29(10-7-19(21)31)25(33)20-15-27-22-3-1-2-9-30(20)22/h1-3,6,8-9,13-15,19,21H,4-5,7,10-12,16H2,(H,26,28)/t19-,21+/m0/s1. The zero-order valence-corrected chi connectivity index (χ0v) is 18.8. The van der Waals surface area contributed by atoms with Gasteiger partial charge in [0, 0.05) is 50.0 Å². The molecule has 0 saturated carbocycles. The number of aromatic amines is 1. The number of piperidine rings is 1. The number of nitrogens with zero attached hydrogens (tertiary/aromatic N) is 5. The molecule has 2 atom stereocenters. The number of fused-ring (bicyclic) bond motifs is 3. The molecule has 2 aliphatic heterocycles. The van der Waals surface area contributed by atoms with Crippen molar-refractivity contribution in [1.82, 2.24) is 29.2 Å². The molecule has 2 aliphatic rings. The smallest absolute Gasteiger partial charge is 0.272 e. The van der Waals surface area contributed by atoms with E-state index in [1.165, 1.54) is 0 Å². The van der Waals surface area contributed by atoms with Crippen LogP contribution in [0.2, 0.25) is 0 Å². The van der Waals surface area contributed by atoms with E-state index in [0.717, 1.165) is 22.2 Å². The summed E-state index contributed by atoms with van der Waals surface area (Å²) >= 11 is 0. The van der Waals surface area contributed by atoms with Crippen molar-refractivity contribution in [3.05, 3.63) is 66.4 Å². The number of H-pyrrole nitrogens is 1. The van der Waals surface area contributed by atoms with Crippen LogP contribution in [0.15, 0.2) is 55.1 Å². The Labute approximate surface area is 196 Å². The number of rotatable bonds is 4. The molecule has 0 unspecified atom stereocenters. The van der Waals surface area contributed by atoms with Crippen molar-refractivity contribution in [3.63, 3.8) is 0 Å². The number of ether oxygens (including phenoxy) is 1. The third-order valence-corrected chi connectivity index (χ3v) is 6.92. The third-order valence-electron chi connectivity index (χ3n) is 6.92. The average Bonchev–Trinajstić information content (AvgIpc) is 3.53. The molecule has 9 nitrogen and oxygen atoms in total. The van der Waals surface area contributed by atoms with Crippen LogP contribution in [-0.2, 0) is 16.0 Å². The van der Waals surface area contributed by atoms with Crippen LogP contribution in [0.5, 0.6) is 0 Å². The summed E-state index contributed by atoms with van der Waals surface area (Å²) in [6.45, 7) is 2.14. The van der Waals surface area contributed by atoms with Crippen molar-refractivity contribution in [2.75, 3.05) is 26.2 Å². The number of hydrogen-bond donors (Lipinski definition) is 1. The lowest BCUT2D eigenvalue weighted by Gasteiger charge is -2.46. The van der Waals surface area contributed by atoms with Crippen molar-refractivity contribution < 1.29 is 14.3 Å². The van der Waals surface area contributed by atoms with Crippen LogP contribution in [0.1, 0.15) is 28.9 Å². The lowest BCUT2D eigenvalue weighted by Crippen LogP contribution is -2.61. The molecule has 2 saturated heterocycles. The molecule has 2 fully saturated rings. The van der Waals surface area contributed by atoms with Crippen LogP contribution in [-0.4, -0.2) is 79.4 Å². The van der Waals surface area contributed by atoms with E-state index in [-0.39, 0.29) is 24.0 Å². The Morgan fingerprint density at radius 1 is 1.15 bits per heavy atom. The summed E-state index contributed by atoms with van der Waals surface area (Å²) in [6.07, 6.45) is 8.80.